The van der Waals surface area contributed by atoms with Crippen LogP contribution in [0.1, 0.15) is 25.7 Å². The van der Waals surface area contributed by atoms with Gasteiger partial charge in [-0.3, -0.25) is 19.3 Å². The highest BCUT2D eigenvalue weighted by molar-refractivity contribution is 6.12. The van der Waals surface area contributed by atoms with Crippen LogP contribution in [-0.2, 0) is 19.2 Å². The van der Waals surface area contributed by atoms with E-state index in [0.29, 0.717) is 12.8 Å². The lowest BCUT2D eigenvalue weighted by molar-refractivity contribution is -0.261. The Bertz CT molecular complexity index is 421. The number of nitrogens with zero attached hydrogens (tertiary/aromatic N) is 2. The first kappa shape index (κ1) is 14.6. The number of hydrogen-bond acceptors (Lipinski definition) is 7. The van der Waals surface area contributed by atoms with E-state index in [0.717, 1.165) is 9.96 Å². The fourth-order valence-electron chi connectivity index (χ4n) is 2.07. The Morgan fingerprint density at radius 2 is 1.75 bits per heavy atom. The second-order valence-corrected chi connectivity index (χ2v) is 4.63. The van der Waals surface area contributed by atoms with Gasteiger partial charge in [0.2, 0.25) is 0 Å². The summed E-state index contributed by atoms with van der Waals surface area (Å²) in [6.45, 7) is 0.130. The number of carbonyl (C=O) groups excluding carboxylic acids is 3. The van der Waals surface area contributed by atoms with Gasteiger partial charge in [0, 0.05) is 25.1 Å². The SMILES string of the molecule is O=C(CCCN1C(=O)C=CC1=O)ON1C(O)CCC1O. The Balaban J connectivity index is 1.70. The van der Waals surface area contributed by atoms with Crippen molar-refractivity contribution in [2.75, 3.05) is 6.54 Å². The lowest BCUT2D eigenvalue weighted by Crippen LogP contribution is -2.38. The van der Waals surface area contributed by atoms with Gasteiger partial charge in [0.1, 0.15) is 12.5 Å². The van der Waals surface area contributed by atoms with Crippen LogP contribution in [0, 0.1) is 0 Å². The van der Waals surface area contributed by atoms with Crippen molar-refractivity contribution in [3.05, 3.63) is 12.2 Å². The summed E-state index contributed by atoms with van der Waals surface area (Å²) in [6, 6.07) is 0. The van der Waals surface area contributed by atoms with Crippen LogP contribution in [0.5, 0.6) is 0 Å². The van der Waals surface area contributed by atoms with Crippen LogP contribution in [0.4, 0.5) is 0 Å². The molecule has 0 aromatic carbocycles. The zero-order valence-electron chi connectivity index (χ0n) is 10.8. The summed E-state index contributed by atoms with van der Waals surface area (Å²) in [6.07, 6.45) is 1.26. The Hall–Kier alpha value is -1.77. The predicted octanol–water partition coefficient (Wildman–Crippen LogP) is -1.12. The molecule has 0 radical (unpaired) electrons. The van der Waals surface area contributed by atoms with E-state index >= 15 is 0 Å². The van der Waals surface area contributed by atoms with E-state index in [4.69, 9.17) is 4.84 Å². The maximum atomic E-state index is 11.5. The number of hydroxylamine groups is 2. The van der Waals surface area contributed by atoms with Gasteiger partial charge in [-0.05, 0) is 19.3 Å². The number of hydrogen-bond donors (Lipinski definition) is 2. The van der Waals surface area contributed by atoms with Crippen molar-refractivity contribution in [1.82, 2.24) is 9.96 Å². The number of aliphatic hydroxyl groups excluding tert-OH is 2. The van der Waals surface area contributed by atoms with E-state index in [1.54, 1.807) is 0 Å². The summed E-state index contributed by atoms with van der Waals surface area (Å²) >= 11 is 0. The Morgan fingerprint density at radius 3 is 2.30 bits per heavy atom. The molecule has 0 spiro atoms. The molecule has 0 aromatic heterocycles. The minimum absolute atomic E-state index is 0.0208. The van der Waals surface area contributed by atoms with Gasteiger partial charge >= 0.3 is 5.97 Å². The Morgan fingerprint density at radius 1 is 1.20 bits per heavy atom. The molecule has 8 heteroatoms. The fraction of sp³-hybridized carbons (Fsp3) is 0.583. The van der Waals surface area contributed by atoms with Gasteiger partial charge in [-0.1, -0.05) is 5.06 Å². The molecule has 2 aliphatic heterocycles. The van der Waals surface area contributed by atoms with E-state index in [1.807, 2.05) is 0 Å². The summed E-state index contributed by atoms with van der Waals surface area (Å²) in [4.78, 5) is 39.9. The topological polar surface area (TPSA) is 107 Å². The monoisotopic (exact) mass is 284 g/mol. The van der Waals surface area contributed by atoms with E-state index in [9.17, 15) is 24.6 Å². The third kappa shape index (κ3) is 3.21. The standard InChI is InChI=1S/C12H16N2O6/c15-8-3-4-9(16)13(8)7-1-2-12(19)20-14-10(17)5-6-11(14)18/h3-4,10-11,17-18H,1-2,5-7H2. The van der Waals surface area contributed by atoms with Crippen molar-refractivity contribution in [1.29, 1.82) is 0 Å². The lowest BCUT2D eigenvalue weighted by atomic mass is 10.3. The highest BCUT2D eigenvalue weighted by Crippen LogP contribution is 2.21. The van der Waals surface area contributed by atoms with Crippen molar-refractivity contribution >= 4 is 17.8 Å². The highest BCUT2D eigenvalue weighted by atomic mass is 16.7. The van der Waals surface area contributed by atoms with Crippen LogP contribution in [0.25, 0.3) is 0 Å². The minimum Gasteiger partial charge on any atom is -0.375 e. The third-order valence-corrected chi connectivity index (χ3v) is 3.14. The van der Waals surface area contributed by atoms with Crippen LogP contribution >= 0.6 is 0 Å². The van der Waals surface area contributed by atoms with Crippen molar-refractivity contribution in [2.45, 2.75) is 38.1 Å². The molecule has 8 nitrogen and oxygen atoms in total. The molecular weight excluding hydrogens is 268 g/mol. The first-order chi connectivity index (χ1) is 9.49. The van der Waals surface area contributed by atoms with Crippen molar-refractivity contribution < 1.29 is 29.4 Å². The van der Waals surface area contributed by atoms with Crippen LogP contribution in [0.2, 0.25) is 0 Å². The van der Waals surface area contributed by atoms with Gasteiger partial charge in [0.05, 0.1) is 0 Å². The maximum Gasteiger partial charge on any atom is 0.325 e. The summed E-state index contributed by atoms with van der Waals surface area (Å²) in [7, 11) is 0. The van der Waals surface area contributed by atoms with Crippen molar-refractivity contribution in [2.24, 2.45) is 0 Å². The fourth-order valence-corrected chi connectivity index (χ4v) is 2.07. The molecule has 1 saturated heterocycles. The molecule has 2 N–H and O–H groups in total. The predicted molar refractivity (Wildman–Crippen MR) is 64.3 cm³/mol. The third-order valence-electron chi connectivity index (χ3n) is 3.14. The molecule has 0 aliphatic carbocycles. The second kappa shape index (κ2) is 6.12. The Kier molecular flexibility index (Phi) is 4.48. The molecule has 2 heterocycles. The molecule has 0 aromatic rings. The van der Waals surface area contributed by atoms with E-state index < -0.39 is 30.2 Å². The average molecular weight is 284 g/mol. The van der Waals surface area contributed by atoms with Crippen LogP contribution < -0.4 is 0 Å². The van der Waals surface area contributed by atoms with Crippen LogP contribution in [-0.4, -0.2) is 57.0 Å². The molecule has 2 rings (SSSR count). The quantitative estimate of drug-likeness (QED) is 0.616. The number of amides is 2. The average Bonchev–Trinajstić information content (AvgIpc) is 2.88. The van der Waals surface area contributed by atoms with Gasteiger partial charge in [-0.25, -0.2) is 0 Å². The normalized spacial score (nSPS) is 26.6. The smallest absolute Gasteiger partial charge is 0.325 e. The molecule has 2 atom stereocenters. The molecule has 2 unspecified atom stereocenters. The van der Waals surface area contributed by atoms with Gasteiger partial charge in [0.15, 0.2) is 0 Å². The summed E-state index contributed by atoms with van der Waals surface area (Å²) in [5.74, 6) is -1.42. The highest BCUT2D eigenvalue weighted by Gasteiger charge is 2.34. The van der Waals surface area contributed by atoms with Gasteiger partial charge in [0.25, 0.3) is 11.8 Å². The van der Waals surface area contributed by atoms with Gasteiger partial charge < -0.3 is 15.1 Å². The van der Waals surface area contributed by atoms with Crippen molar-refractivity contribution in [3.63, 3.8) is 0 Å². The number of aliphatic hydroxyl groups is 2. The minimum atomic E-state index is -1.00. The van der Waals surface area contributed by atoms with Gasteiger partial charge in [-0.2, -0.15) is 0 Å². The van der Waals surface area contributed by atoms with Crippen molar-refractivity contribution in [3.8, 4) is 0 Å². The zero-order chi connectivity index (χ0) is 14.7. The largest absolute Gasteiger partial charge is 0.375 e. The molecule has 110 valence electrons. The van der Waals surface area contributed by atoms with Crippen LogP contribution in [0.15, 0.2) is 12.2 Å². The molecule has 0 bridgehead atoms. The number of carbonyl (C=O) groups is 3. The molecule has 1 fully saturated rings. The van der Waals surface area contributed by atoms with E-state index in [2.05, 4.69) is 0 Å². The van der Waals surface area contributed by atoms with E-state index in [1.165, 1.54) is 12.2 Å². The number of imide groups is 1. The molecule has 0 saturated carbocycles. The molecule has 20 heavy (non-hydrogen) atoms. The number of rotatable bonds is 5. The first-order valence-corrected chi connectivity index (χ1v) is 6.38. The first-order valence-electron chi connectivity index (χ1n) is 6.38. The van der Waals surface area contributed by atoms with E-state index in [-0.39, 0.29) is 19.4 Å². The lowest BCUT2D eigenvalue weighted by Gasteiger charge is -2.22. The summed E-state index contributed by atoms with van der Waals surface area (Å²) < 4.78 is 0. The molecular formula is C12H16N2O6. The molecule has 2 aliphatic rings. The molecule has 2 amide bonds. The second-order valence-electron chi connectivity index (χ2n) is 4.63. The van der Waals surface area contributed by atoms with Crippen LogP contribution in [0.3, 0.4) is 0 Å². The summed E-state index contributed by atoms with van der Waals surface area (Å²) in [5, 5.41) is 19.8. The van der Waals surface area contributed by atoms with Gasteiger partial charge in [-0.15, -0.1) is 0 Å². The summed E-state index contributed by atoms with van der Waals surface area (Å²) in [5.41, 5.74) is 0. The maximum absolute atomic E-state index is 11.5. The zero-order valence-corrected chi connectivity index (χ0v) is 10.8. The Labute approximate surface area is 115 Å².